The van der Waals surface area contributed by atoms with Crippen molar-refractivity contribution in [2.45, 2.75) is 61.2 Å². The van der Waals surface area contributed by atoms with Crippen LogP contribution in [0, 0.1) is 6.92 Å². The first-order valence-corrected chi connectivity index (χ1v) is 8.59. The van der Waals surface area contributed by atoms with Gasteiger partial charge in [0, 0.05) is 15.8 Å². The van der Waals surface area contributed by atoms with Crippen molar-refractivity contribution in [1.82, 2.24) is 5.32 Å². The van der Waals surface area contributed by atoms with Crippen LogP contribution < -0.4 is 5.32 Å². The van der Waals surface area contributed by atoms with Crippen LogP contribution in [0.25, 0.3) is 0 Å². The molecule has 1 N–H and O–H groups in total. The summed E-state index contributed by atoms with van der Waals surface area (Å²) in [5, 5.41) is 3.93. The van der Waals surface area contributed by atoms with Crippen LogP contribution in [0.15, 0.2) is 18.2 Å². The normalized spacial score (nSPS) is 40.4. The Morgan fingerprint density at radius 3 is 2.95 bits per heavy atom. The van der Waals surface area contributed by atoms with E-state index in [4.69, 9.17) is 0 Å². The standard InChI is InChI=1S/C17H22BrN/c1-12-4-5-13-11-15(18)17-7-3-2-6-16(17,8-9-19-17)14(13)10-12/h4-5,10,15,19H,2-3,6-9,11H2,1H3. The molecule has 102 valence electrons. The number of halogens is 1. The molecule has 19 heavy (non-hydrogen) atoms. The highest BCUT2D eigenvalue weighted by Crippen LogP contribution is 2.58. The molecule has 1 aromatic carbocycles. The molecule has 2 aliphatic carbocycles. The maximum absolute atomic E-state index is 4.05. The summed E-state index contributed by atoms with van der Waals surface area (Å²) in [7, 11) is 0. The van der Waals surface area contributed by atoms with E-state index < -0.39 is 0 Å². The largest absolute Gasteiger partial charge is 0.309 e. The molecule has 3 unspecified atom stereocenters. The lowest BCUT2D eigenvalue weighted by Crippen LogP contribution is -2.64. The minimum Gasteiger partial charge on any atom is -0.309 e. The van der Waals surface area contributed by atoms with Crippen molar-refractivity contribution in [2.24, 2.45) is 0 Å². The first-order chi connectivity index (χ1) is 9.18. The van der Waals surface area contributed by atoms with E-state index in [0.717, 1.165) is 0 Å². The molecule has 4 rings (SSSR count). The maximum atomic E-state index is 4.05. The van der Waals surface area contributed by atoms with Crippen LogP contribution in [0.5, 0.6) is 0 Å². The molecule has 3 aliphatic rings. The Balaban J connectivity index is 1.97. The van der Waals surface area contributed by atoms with Crippen molar-refractivity contribution in [3.63, 3.8) is 0 Å². The van der Waals surface area contributed by atoms with E-state index in [2.05, 4.69) is 46.4 Å². The van der Waals surface area contributed by atoms with Crippen LogP contribution in [0.1, 0.15) is 48.8 Å². The van der Waals surface area contributed by atoms with E-state index in [-0.39, 0.29) is 0 Å². The Morgan fingerprint density at radius 2 is 2.05 bits per heavy atom. The third kappa shape index (κ3) is 1.45. The van der Waals surface area contributed by atoms with Crippen molar-refractivity contribution < 1.29 is 0 Å². The van der Waals surface area contributed by atoms with Crippen molar-refractivity contribution in [3.05, 3.63) is 34.9 Å². The average Bonchev–Trinajstić information content (AvgIpc) is 2.82. The van der Waals surface area contributed by atoms with Crippen LogP contribution in [0.2, 0.25) is 0 Å². The fourth-order valence-corrected chi connectivity index (χ4v) is 6.33. The van der Waals surface area contributed by atoms with Gasteiger partial charge in [0.1, 0.15) is 0 Å². The summed E-state index contributed by atoms with van der Waals surface area (Å²) in [5.74, 6) is 0. The third-order valence-corrected chi connectivity index (χ3v) is 7.09. The van der Waals surface area contributed by atoms with Gasteiger partial charge in [-0.1, -0.05) is 52.5 Å². The molecular formula is C17H22BrN. The number of alkyl halides is 1. The molecule has 0 bridgehead atoms. The molecule has 2 heteroatoms. The van der Waals surface area contributed by atoms with Crippen LogP contribution in [-0.4, -0.2) is 16.9 Å². The zero-order valence-electron chi connectivity index (χ0n) is 11.6. The number of rotatable bonds is 0. The first-order valence-electron chi connectivity index (χ1n) is 7.67. The second-order valence-corrected chi connectivity index (χ2v) is 7.87. The summed E-state index contributed by atoms with van der Waals surface area (Å²) >= 11 is 4.05. The van der Waals surface area contributed by atoms with Crippen molar-refractivity contribution in [2.75, 3.05) is 6.54 Å². The van der Waals surface area contributed by atoms with Gasteiger partial charge in [0.2, 0.25) is 0 Å². The summed E-state index contributed by atoms with van der Waals surface area (Å²) < 4.78 is 0. The van der Waals surface area contributed by atoms with E-state index in [9.17, 15) is 0 Å². The second kappa shape index (κ2) is 4.08. The maximum Gasteiger partial charge on any atom is 0.0407 e. The Morgan fingerprint density at radius 1 is 1.21 bits per heavy atom. The fraction of sp³-hybridized carbons (Fsp3) is 0.647. The van der Waals surface area contributed by atoms with Gasteiger partial charge < -0.3 is 5.32 Å². The lowest BCUT2D eigenvalue weighted by molar-refractivity contribution is 0.137. The summed E-state index contributed by atoms with van der Waals surface area (Å²) in [5.41, 5.74) is 5.42. The molecule has 1 saturated carbocycles. The van der Waals surface area contributed by atoms with Crippen LogP contribution in [-0.2, 0) is 11.8 Å². The molecule has 1 nitrogen and oxygen atoms in total. The van der Waals surface area contributed by atoms with Gasteiger partial charge in [0.25, 0.3) is 0 Å². The van der Waals surface area contributed by atoms with Gasteiger partial charge in [-0.25, -0.2) is 0 Å². The molecule has 2 fully saturated rings. The lowest BCUT2D eigenvalue weighted by Gasteiger charge is -2.56. The van der Waals surface area contributed by atoms with Gasteiger partial charge in [-0.15, -0.1) is 0 Å². The highest BCUT2D eigenvalue weighted by molar-refractivity contribution is 9.09. The topological polar surface area (TPSA) is 12.0 Å². The molecule has 0 amide bonds. The zero-order chi connectivity index (χ0) is 13.1. The van der Waals surface area contributed by atoms with E-state index in [1.165, 1.54) is 50.6 Å². The summed E-state index contributed by atoms with van der Waals surface area (Å²) in [6.45, 7) is 3.43. The SMILES string of the molecule is Cc1ccc2c(c1)C13CCCCC1(NCC3)C(Br)C2. The van der Waals surface area contributed by atoms with Gasteiger partial charge in [0.05, 0.1) is 0 Å². The number of hydrogen-bond acceptors (Lipinski definition) is 1. The Bertz CT molecular complexity index is 526. The van der Waals surface area contributed by atoms with Gasteiger partial charge >= 0.3 is 0 Å². The highest BCUT2D eigenvalue weighted by atomic mass is 79.9. The third-order valence-electron chi connectivity index (χ3n) is 5.99. The summed E-state index contributed by atoms with van der Waals surface area (Å²) in [6.07, 6.45) is 8.01. The van der Waals surface area contributed by atoms with Gasteiger partial charge in [-0.05, 0) is 50.3 Å². The minimum atomic E-state index is 0.325. The van der Waals surface area contributed by atoms with Crippen LogP contribution in [0.3, 0.4) is 0 Å². The molecule has 3 atom stereocenters. The number of aryl methyl sites for hydroxylation is 1. The number of nitrogens with one attached hydrogen (secondary N) is 1. The van der Waals surface area contributed by atoms with Gasteiger partial charge in [-0.3, -0.25) is 0 Å². The van der Waals surface area contributed by atoms with Gasteiger partial charge in [0.15, 0.2) is 0 Å². The zero-order valence-corrected chi connectivity index (χ0v) is 13.2. The van der Waals surface area contributed by atoms with E-state index in [0.29, 0.717) is 15.8 Å². The molecule has 0 aromatic heterocycles. The predicted octanol–water partition coefficient (Wildman–Crippen LogP) is 3.86. The van der Waals surface area contributed by atoms with E-state index >= 15 is 0 Å². The Labute approximate surface area is 124 Å². The molecular weight excluding hydrogens is 298 g/mol. The quantitative estimate of drug-likeness (QED) is 0.716. The van der Waals surface area contributed by atoms with Crippen LogP contribution in [0.4, 0.5) is 0 Å². The van der Waals surface area contributed by atoms with Crippen molar-refractivity contribution >= 4 is 15.9 Å². The Hall–Kier alpha value is -0.340. The van der Waals surface area contributed by atoms with E-state index in [1.54, 1.807) is 11.1 Å². The first kappa shape index (κ1) is 12.4. The molecule has 1 aromatic rings. The predicted molar refractivity (Wildman–Crippen MR) is 83.1 cm³/mol. The molecule has 1 heterocycles. The van der Waals surface area contributed by atoms with Crippen molar-refractivity contribution in [1.29, 1.82) is 0 Å². The van der Waals surface area contributed by atoms with Crippen molar-refractivity contribution in [3.8, 4) is 0 Å². The fourth-order valence-electron chi connectivity index (χ4n) is 5.16. The van der Waals surface area contributed by atoms with E-state index in [1.807, 2.05) is 0 Å². The number of fused-ring (bicyclic) bond motifs is 1. The summed E-state index contributed by atoms with van der Waals surface area (Å²) in [4.78, 5) is 0.595. The smallest absolute Gasteiger partial charge is 0.0407 e. The highest BCUT2D eigenvalue weighted by Gasteiger charge is 2.61. The molecule has 1 aliphatic heterocycles. The Kier molecular flexibility index (Phi) is 2.66. The average molecular weight is 320 g/mol. The monoisotopic (exact) mass is 319 g/mol. The second-order valence-electron chi connectivity index (χ2n) is 6.77. The molecule has 0 radical (unpaired) electrons. The number of hydrogen-bond donors (Lipinski definition) is 1. The summed E-state index contributed by atoms with van der Waals surface area (Å²) in [6, 6.07) is 7.15. The minimum absolute atomic E-state index is 0.325. The molecule has 1 saturated heterocycles. The lowest BCUT2D eigenvalue weighted by atomic mass is 9.53. The number of benzene rings is 1. The van der Waals surface area contributed by atoms with Gasteiger partial charge in [-0.2, -0.15) is 0 Å². The molecule has 0 spiro atoms. The van der Waals surface area contributed by atoms with Crippen LogP contribution >= 0.6 is 15.9 Å².